The summed E-state index contributed by atoms with van der Waals surface area (Å²) in [6.45, 7) is 7.73. The number of hydrogen-bond donors (Lipinski definition) is 0. The van der Waals surface area contributed by atoms with E-state index in [9.17, 15) is 18.3 Å². The number of nitrogens with zero attached hydrogens (tertiary/aromatic N) is 5. The first-order chi connectivity index (χ1) is 15.4. The van der Waals surface area contributed by atoms with Crippen LogP contribution in [0.4, 0.5) is 10.1 Å². The van der Waals surface area contributed by atoms with Gasteiger partial charge >= 0.3 is 0 Å². The Morgan fingerprint density at radius 3 is 2.38 bits per heavy atom. The van der Waals surface area contributed by atoms with Crippen LogP contribution < -0.4 is 4.90 Å². The topological polar surface area (TPSA) is 89.0 Å². The standard InChI is InChI=1S/C21H26FN5O3S2/c1-3-32(30)27-12-6-24(7-13-27)20-17-14-16(22)4-5-19(17)23-15-18(20)21(28)25-8-10-26(11-9-25)31(2)29/h3-5,14-15H,1,6-13H2,2H3. The van der Waals surface area contributed by atoms with E-state index in [4.69, 9.17) is 0 Å². The Balaban J connectivity index is 1.66. The quantitative estimate of drug-likeness (QED) is 0.598. The molecule has 32 heavy (non-hydrogen) atoms. The van der Waals surface area contributed by atoms with E-state index >= 15 is 0 Å². The molecule has 0 radical (unpaired) electrons. The summed E-state index contributed by atoms with van der Waals surface area (Å²) in [5.74, 6) is -0.562. The van der Waals surface area contributed by atoms with Crippen molar-refractivity contribution < 1.29 is 18.3 Å². The van der Waals surface area contributed by atoms with Gasteiger partial charge < -0.3 is 18.9 Å². The van der Waals surface area contributed by atoms with E-state index in [0.29, 0.717) is 74.5 Å². The van der Waals surface area contributed by atoms with Crippen LogP contribution in [-0.2, 0) is 22.7 Å². The zero-order valence-electron chi connectivity index (χ0n) is 17.9. The highest BCUT2D eigenvalue weighted by molar-refractivity contribution is 7.92. The summed E-state index contributed by atoms with van der Waals surface area (Å²) in [6, 6.07) is 4.39. The minimum Gasteiger partial charge on any atom is -0.598 e. The molecule has 0 saturated carbocycles. The zero-order chi connectivity index (χ0) is 22.8. The molecule has 2 saturated heterocycles. The molecule has 0 spiro atoms. The predicted octanol–water partition coefficient (Wildman–Crippen LogP) is 1.35. The van der Waals surface area contributed by atoms with E-state index in [1.165, 1.54) is 17.5 Å². The number of carbonyl (C=O) groups excluding carboxylic acids is 1. The van der Waals surface area contributed by atoms with Crippen molar-refractivity contribution in [3.8, 4) is 0 Å². The summed E-state index contributed by atoms with van der Waals surface area (Å²) >= 11 is -2.31. The van der Waals surface area contributed by atoms with Crippen molar-refractivity contribution in [1.29, 1.82) is 0 Å². The molecule has 2 unspecified atom stereocenters. The van der Waals surface area contributed by atoms with E-state index in [1.807, 2.05) is 13.5 Å². The summed E-state index contributed by atoms with van der Waals surface area (Å²) < 4.78 is 41.6. The lowest BCUT2D eigenvalue weighted by atomic mass is 10.1. The Bertz CT molecular complexity index is 995. The van der Waals surface area contributed by atoms with Crippen molar-refractivity contribution in [2.24, 2.45) is 0 Å². The molecule has 0 N–H and O–H groups in total. The van der Waals surface area contributed by atoms with Crippen LogP contribution in [0.5, 0.6) is 0 Å². The molecule has 0 bridgehead atoms. The highest BCUT2D eigenvalue weighted by Crippen LogP contribution is 2.32. The van der Waals surface area contributed by atoms with Gasteiger partial charge in [0.05, 0.1) is 54.3 Å². The Morgan fingerprint density at radius 2 is 1.75 bits per heavy atom. The minimum atomic E-state index is -1.25. The third-order valence-corrected chi connectivity index (χ3v) is 8.12. The van der Waals surface area contributed by atoms with Crippen LogP contribution >= 0.6 is 0 Å². The number of benzene rings is 1. The number of pyridine rings is 1. The van der Waals surface area contributed by atoms with Gasteiger partial charge in [0, 0.05) is 49.1 Å². The van der Waals surface area contributed by atoms with Crippen LogP contribution in [0.25, 0.3) is 10.9 Å². The van der Waals surface area contributed by atoms with Gasteiger partial charge in [0.1, 0.15) is 17.5 Å². The average molecular weight is 480 g/mol. The molecule has 172 valence electrons. The van der Waals surface area contributed by atoms with Gasteiger partial charge in [-0.15, -0.1) is 8.61 Å². The lowest BCUT2D eigenvalue weighted by molar-refractivity contribution is 0.0698. The SMILES string of the molecule is C=C[S+]([O-])N1CCN(c2c(C(=O)N3CCN([S+](C)[O-])CC3)cnc3ccc(F)cc23)CC1. The molecule has 2 aliphatic heterocycles. The van der Waals surface area contributed by atoms with E-state index in [2.05, 4.69) is 11.6 Å². The number of hydrogen-bond acceptors (Lipinski definition) is 7. The first-order valence-electron chi connectivity index (χ1n) is 10.4. The molecule has 2 aliphatic rings. The molecule has 2 aromatic rings. The van der Waals surface area contributed by atoms with Gasteiger partial charge in [-0.25, -0.2) is 4.39 Å². The smallest absolute Gasteiger partial charge is 0.257 e. The molecular weight excluding hydrogens is 453 g/mol. The summed E-state index contributed by atoms with van der Waals surface area (Å²) in [6.07, 6.45) is 3.20. The fourth-order valence-electron chi connectivity index (χ4n) is 4.16. The second-order valence-corrected chi connectivity index (χ2v) is 10.5. The average Bonchev–Trinajstić information content (AvgIpc) is 2.82. The molecule has 1 aromatic heterocycles. The summed E-state index contributed by atoms with van der Waals surface area (Å²) in [5, 5.41) is 1.99. The predicted molar refractivity (Wildman–Crippen MR) is 125 cm³/mol. The van der Waals surface area contributed by atoms with Crippen LogP contribution in [0.15, 0.2) is 36.4 Å². The van der Waals surface area contributed by atoms with Crippen LogP contribution in [0.3, 0.4) is 0 Å². The molecule has 4 rings (SSSR count). The van der Waals surface area contributed by atoms with Crippen molar-refractivity contribution in [3.63, 3.8) is 0 Å². The molecule has 1 aromatic carbocycles. The number of anilines is 1. The molecule has 2 fully saturated rings. The molecule has 11 heteroatoms. The van der Waals surface area contributed by atoms with E-state index < -0.39 is 28.5 Å². The van der Waals surface area contributed by atoms with Crippen LogP contribution in [0, 0.1) is 5.82 Å². The lowest BCUT2D eigenvalue weighted by Crippen LogP contribution is -2.51. The fourth-order valence-corrected chi connectivity index (χ4v) is 5.58. The highest BCUT2D eigenvalue weighted by Gasteiger charge is 2.32. The maximum Gasteiger partial charge on any atom is 0.257 e. The van der Waals surface area contributed by atoms with Crippen LogP contribution in [0.1, 0.15) is 10.4 Å². The Hall–Kier alpha value is -1.89. The zero-order valence-corrected chi connectivity index (χ0v) is 19.5. The maximum absolute atomic E-state index is 14.2. The first kappa shape index (κ1) is 23.3. The number of carbonyl (C=O) groups is 1. The molecule has 3 heterocycles. The van der Waals surface area contributed by atoms with Gasteiger partial charge in [0.25, 0.3) is 5.91 Å². The molecule has 8 nitrogen and oxygen atoms in total. The first-order valence-corrected chi connectivity index (χ1v) is 13.1. The van der Waals surface area contributed by atoms with Crippen molar-refractivity contribution in [1.82, 2.24) is 18.5 Å². The molecule has 2 atom stereocenters. The van der Waals surface area contributed by atoms with Gasteiger partial charge in [-0.2, -0.15) is 0 Å². The van der Waals surface area contributed by atoms with Gasteiger partial charge in [-0.1, -0.05) is 0 Å². The summed E-state index contributed by atoms with van der Waals surface area (Å²) in [4.78, 5) is 21.7. The Labute approximate surface area is 193 Å². The third-order valence-electron chi connectivity index (χ3n) is 5.87. The highest BCUT2D eigenvalue weighted by atomic mass is 32.2. The molecule has 1 amide bonds. The Morgan fingerprint density at radius 1 is 1.09 bits per heavy atom. The molecule has 0 aliphatic carbocycles. The summed E-state index contributed by atoms with van der Waals surface area (Å²) in [7, 11) is 0. The number of fused-ring (bicyclic) bond motifs is 1. The lowest BCUT2D eigenvalue weighted by Gasteiger charge is -2.37. The van der Waals surface area contributed by atoms with E-state index in [1.54, 1.807) is 23.4 Å². The summed E-state index contributed by atoms with van der Waals surface area (Å²) in [5.41, 5.74) is 1.69. The number of halogens is 1. The maximum atomic E-state index is 14.2. The normalized spacial score (nSPS) is 20.4. The van der Waals surface area contributed by atoms with Crippen LogP contribution in [-0.4, -0.2) is 92.1 Å². The third kappa shape index (κ3) is 4.73. The monoisotopic (exact) mass is 479 g/mol. The number of rotatable bonds is 5. The van der Waals surface area contributed by atoms with Gasteiger partial charge in [0.2, 0.25) is 0 Å². The molecular formula is C21H26FN5O3S2. The van der Waals surface area contributed by atoms with Gasteiger partial charge in [0.15, 0.2) is 0 Å². The largest absolute Gasteiger partial charge is 0.598 e. The van der Waals surface area contributed by atoms with Gasteiger partial charge in [-0.3, -0.25) is 9.78 Å². The van der Waals surface area contributed by atoms with Crippen molar-refractivity contribution in [3.05, 3.63) is 47.8 Å². The number of aromatic nitrogens is 1. The van der Waals surface area contributed by atoms with E-state index in [0.717, 1.165) is 0 Å². The van der Waals surface area contributed by atoms with Crippen LogP contribution in [0.2, 0.25) is 0 Å². The van der Waals surface area contributed by atoms with Crippen molar-refractivity contribution >= 4 is 45.2 Å². The number of amides is 1. The minimum absolute atomic E-state index is 0.169. The van der Waals surface area contributed by atoms with Crippen molar-refractivity contribution in [2.45, 2.75) is 0 Å². The number of piperazine rings is 2. The fraction of sp³-hybridized carbons (Fsp3) is 0.429. The van der Waals surface area contributed by atoms with E-state index in [-0.39, 0.29) is 5.91 Å². The van der Waals surface area contributed by atoms with Gasteiger partial charge in [-0.05, 0) is 24.8 Å². The second-order valence-electron chi connectivity index (χ2n) is 7.69. The Kier molecular flexibility index (Phi) is 7.23. The van der Waals surface area contributed by atoms with Crippen molar-refractivity contribution in [2.75, 3.05) is 63.5 Å². The second kappa shape index (κ2) is 9.94.